The van der Waals surface area contributed by atoms with Gasteiger partial charge < -0.3 is 10.5 Å². The topological polar surface area (TPSA) is 61.0 Å². The molecule has 4 nitrogen and oxygen atoms in total. The number of aromatic nitrogens is 2. The molecule has 0 radical (unpaired) electrons. The van der Waals surface area contributed by atoms with Crippen molar-refractivity contribution in [2.75, 3.05) is 12.8 Å². The standard InChI is InChI=1S/C15H19N3O/c1-9(2)13-7-10(3)17-15(18-13)12-8-11(16)5-6-14(12)19-4/h5-9H,16H2,1-4H3. The van der Waals surface area contributed by atoms with Gasteiger partial charge in [0.15, 0.2) is 5.82 Å². The van der Waals surface area contributed by atoms with Crippen LogP contribution in [0.3, 0.4) is 0 Å². The van der Waals surface area contributed by atoms with E-state index in [0.717, 1.165) is 22.7 Å². The van der Waals surface area contributed by atoms with Crippen LogP contribution in [0.5, 0.6) is 5.75 Å². The molecular formula is C15H19N3O. The fraction of sp³-hybridized carbons (Fsp3) is 0.333. The first-order valence-corrected chi connectivity index (χ1v) is 6.30. The molecule has 2 rings (SSSR count). The zero-order chi connectivity index (χ0) is 14.0. The van der Waals surface area contributed by atoms with Crippen LogP contribution in [0.2, 0.25) is 0 Å². The van der Waals surface area contributed by atoms with Crippen LogP contribution in [-0.4, -0.2) is 17.1 Å². The lowest BCUT2D eigenvalue weighted by molar-refractivity contribution is 0.416. The molecule has 0 aliphatic carbocycles. The van der Waals surface area contributed by atoms with Crippen LogP contribution in [0.15, 0.2) is 24.3 Å². The molecule has 0 atom stereocenters. The molecule has 0 saturated carbocycles. The SMILES string of the molecule is COc1ccc(N)cc1-c1nc(C)cc(C(C)C)n1. The van der Waals surface area contributed by atoms with E-state index in [1.807, 2.05) is 31.2 Å². The Morgan fingerprint density at radius 3 is 2.53 bits per heavy atom. The maximum Gasteiger partial charge on any atom is 0.163 e. The predicted octanol–water partition coefficient (Wildman–Crippen LogP) is 3.17. The van der Waals surface area contributed by atoms with Gasteiger partial charge in [0.25, 0.3) is 0 Å². The van der Waals surface area contributed by atoms with Crippen molar-refractivity contribution in [3.8, 4) is 17.1 Å². The normalized spacial score (nSPS) is 10.8. The third-order valence-corrected chi connectivity index (χ3v) is 2.93. The first-order valence-electron chi connectivity index (χ1n) is 6.30. The fourth-order valence-electron chi connectivity index (χ4n) is 1.91. The highest BCUT2D eigenvalue weighted by atomic mass is 16.5. The van der Waals surface area contributed by atoms with Gasteiger partial charge in [0.1, 0.15) is 5.75 Å². The molecule has 100 valence electrons. The second-order valence-corrected chi connectivity index (χ2v) is 4.87. The van der Waals surface area contributed by atoms with Crippen molar-refractivity contribution in [3.05, 3.63) is 35.7 Å². The summed E-state index contributed by atoms with van der Waals surface area (Å²) < 4.78 is 5.36. The predicted molar refractivity (Wildman–Crippen MR) is 77.3 cm³/mol. The van der Waals surface area contributed by atoms with E-state index in [1.165, 1.54) is 0 Å². The molecule has 0 unspecified atom stereocenters. The Balaban J connectivity index is 2.61. The fourth-order valence-corrected chi connectivity index (χ4v) is 1.91. The van der Waals surface area contributed by atoms with Crippen molar-refractivity contribution in [3.63, 3.8) is 0 Å². The summed E-state index contributed by atoms with van der Waals surface area (Å²) in [4.78, 5) is 9.10. The molecule has 0 bridgehead atoms. The highest BCUT2D eigenvalue weighted by molar-refractivity contribution is 5.69. The molecule has 0 aliphatic rings. The van der Waals surface area contributed by atoms with E-state index in [9.17, 15) is 0 Å². The third kappa shape index (κ3) is 2.84. The second kappa shape index (κ2) is 5.26. The van der Waals surface area contributed by atoms with Crippen molar-refractivity contribution >= 4 is 5.69 Å². The molecule has 0 aliphatic heterocycles. The van der Waals surface area contributed by atoms with Gasteiger partial charge in [0.2, 0.25) is 0 Å². The lowest BCUT2D eigenvalue weighted by atomic mass is 10.1. The van der Waals surface area contributed by atoms with Gasteiger partial charge in [-0.2, -0.15) is 0 Å². The van der Waals surface area contributed by atoms with Crippen LogP contribution in [0, 0.1) is 6.92 Å². The van der Waals surface area contributed by atoms with Gasteiger partial charge in [-0.05, 0) is 37.1 Å². The van der Waals surface area contributed by atoms with E-state index in [-0.39, 0.29) is 0 Å². The molecule has 2 aromatic rings. The summed E-state index contributed by atoms with van der Waals surface area (Å²) in [7, 11) is 1.63. The quantitative estimate of drug-likeness (QED) is 0.858. The number of ether oxygens (including phenoxy) is 1. The number of methoxy groups -OCH3 is 1. The average molecular weight is 257 g/mol. The lowest BCUT2D eigenvalue weighted by Crippen LogP contribution is -2.01. The van der Waals surface area contributed by atoms with Crippen molar-refractivity contribution in [2.24, 2.45) is 0 Å². The maximum atomic E-state index is 5.84. The molecule has 4 heteroatoms. The van der Waals surface area contributed by atoms with Gasteiger partial charge in [0, 0.05) is 17.1 Å². The van der Waals surface area contributed by atoms with Crippen molar-refractivity contribution in [1.82, 2.24) is 9.97 Å². The number of aryl methyl sites for hydroxylation is 1. The first kappa shape index (κ1) is 13.3. The Bertz CT molecular complexity index is 594. The zero-order valence-electron chi connectivity index (χ0n) is 11.8. The van der Waals surface area contributed by atoms with Crippen LogP contribution in [0.1, 0.15) is 31.2 Å². The summed E-state index contributed by atoms with van der Waals surface area (Å²) in [6.45, 7) is 6.19. The number of anilines is 1. The van der Waals surface area contributed by atoms with E-state index >= 15 is 0 Å². The number of hydrogen-bond acceptors (Lipinski definition) is 4. The minimum absolute atomic E-state index is 0.354. The van der Waals surface area contributed by atoms with Gasteiger partial charge in [-0.25, -0.2) is 9.97 Å². The summed E-state index contributed by atoms with van der Waals surface area (Å²) >= 11 is 0. The van der Waals surface area contributed by atoms with E-state index in [0.29, 0.717) is 17.4 Å². The Kier molecular flexibility index (Phi) is 3.69. The molecule has 19 heavy (non-hydrogen) atoms. The minimum Gasteiger partial charge on any atom is -0.496 e. The molecule has 1 aromatic carbocycles. The molecule has 0 saturated heterocycles. The molecule has 0 fully saturated rings. The van der Waals surface area contributed by atoms with Crippen LogP contribution in [0.4, 0.5) is 5.69 Å². The van der Waals surface area contributed by atoms with Gasteiger partial charge >= 0.3 is 0 Å². The molecule has 0 amide bonds. The van der Waals surface area contributed by atoms with Gasteiger partial charge in [-0.15, -0.1) is 0 Å². The summed E-state index contributed by atoms with van der Waals surface area (Å²) in [5.74, 6) is 1.75. The van der Waals surface area contributed by atoms with Crippen LogP contribution < -0.4 is 10.5 Å². The average Bonchev–Trinajstić information content (AvgIpc) is 2.37. The second-order valence-electron chi connectivity index (χ2n) is 4.87. The molecule has 0 spiro atoms. The lowest BCUT2D eigenvalue weighted by Gasteiger charge is -2.11. The molecular weight excluding hydrogens is 238 g/mol. The Hall–Kier alpha value is -2.10. The number of nitrogens with zero attached hydrogens (tertiary/aromatic N) is 2. The first-order chi connectivity index (χ1) is 9.01. The summed E-state index contributed by atoms with van der Waals surface area (Å²) in [6.07, 6.45) is 0. The maximum absolute atomic E-state index is 5.84. The zero-order valence-corrected chi connectivity index (χ0v) is 11.8. The molecule has 1 heterocycles. The summed E-state index contributed by atoms with van der Waals surface area (Å²) in [5, 5.41) is 0. The summed E-state index contributed by atoms with van der Waals surface area (Å²) in [5.41, 5.74) is 9.31. The number of hydrogen-bond donors (Lipinski definition) is 1. The van der Waals surface area contributed by atoms with E-state index in [2.05, 4.69) is 23.8 Å². The molecule has 2 N–H and O–H groups in total. The third-order valence-electron chi connectivity index (χ3n) is 2.93. The number of rotatable bonds is 3. The Morgan fingerprint density at radius 1 is 1.16 bits per heavy atom. The van der Waals surface area contributed by atoms with E-state index in [1.54, 1.807) is 7.11 Å². The van der Waals surface area contributed by atoms with E-state index < -0.39 is 0 Å². The van der Waals surface area contributed by atoms with Crippen molar-refractivity contribution in [2.45, 2.75) is 26.7 Å². The number of nitrogen functional groups attached to an aromatic ring is 1. The van der Waals surface area contributed by atoms with Gasteiger partial charge in [-0.1, -0.05) is 13.8 Å². The van der Waals surface area contributed by atoms with E-state index in [4.69, 9.17) is 10.5 Å². The number of nitrogens with two attached hydrogens (primary N) is 1. The van der Waals surface area contributed by atoms with Gasteiger partial charge in [-0.3, -0.25) is 0 Å². The van der Waals surface area contributed by atoms with Crippen molar-refractivity contribution in [1.29, 1.82) is 0 Å². The smallest absolute Gasteiger partial charge is 0.163 e. The van der Waals surface area contributed by atoms with Gasteiger partial charge in [0.05, 0.1) is 12.7 Å². The largest absolute Gasteiger partial charge is 0.496 e. The highest BCUT2D eigenvalue weighted by Gasteiger charge is 2.12. The Labute approximate surface area is 113 Å². The van der Waals surface area contributed by atoms with Crippen LogP contribution >= 0.6 is 0 Å². The monoisotopic (exact) mass is 257 g/mol. The molecule has 1 aromatic heterocycles. The number of benzene rings is 1. The van der Waals surface area contributed by atoms with Crippen LogP contribution in [0.25, 0.3) is 11.4 Å². The summed E-state index contributed by atoms with van der Waals surface area (Å²) in [6, 6.07) is 7.50. The van der Waals surface area contributed by atoms with Crippen molar-refractivity contribution < 1.29 is 4.74 Å². The minimum atomic E-state index is 0.354. The Morgan fingerprint density at radius 2 is 1.89 bits per heavy atom. The van der Waals surface area contributed by atoms with Crippen LogP contribution in [-0.2, 0) is 0 Å². The highest BCUT2D eigenvalue weighted by Crippen LogP contribution is 2.30.